The maximum absolute atomic E-state index is 12.3. The molecular formula is C18H18O6. The molecule has 0 N–H and O–H groups in total. The smallest absolute Gasteiger partial charge is 0.339 e. The average Bonchev–Trinajstić information content (AvgIpc) is 2.97. The molecular weight excluding hydrogens is 312 g/mol. The summed E-state index contributed by atoms with van der Waals surface area (Å²) in [4.78, 5) is 12.3. The fraction of sp³-hybridized carbons (Fsp3) is 0.278. The molecule has 0 amide bonds. The second-order valence-corrected chi connectivity index (χ2v) is 5.22. The van der Waals surface area contributed by atoms with Crippen LogP contribution in [0, 0.1) is 0 Å². The summed E-state index contributed by atoms with van der Waals surface area (Å²) in [6, 6.07) is 8.74. The van der Waals surface area contributed by atoms with E-state index in [0.29, 0.717) is 34.1 Å². The Balaban J connectivity index is 2.16. The molecule has 1 heterocycles. The van der Waals surface area contributed by atoms with Crippen LogP contribution in [-0.4, -0.2) is 34.4 Å². The molecule has 6 heteroatoms. The van der Waals surface area contributed by atoms with Crippen molar-refractivity contribution in [3.8, 4) is 23.0 Å². The summed E-state index contributed by atoms with van der Waals surface area (Å²) in [5, 5.41) is 0. The number of fused-ring (bicyclic) bond motifs is 1. The molecule has 0 fully saturated rings. The minimum atomic E-state index is -0.600. The number of benzene rings is 2. The van der Waals surface area contributed by atoms with Gasteiger partial charge < -0.3 is 23.7 Å². The first-order valence-electron chi connectivity index (χ1n) is 7.31. The number of ether oxygens (including phenoxy) is 5. The zero-order chi connectivity index (χ0) is 17.3. The van der Waals surface area contributed by atoms with Gasteiger partial charge in [0.05, 0.1) is 39.6 Å². The van der Waals surface area contributed by atoms with E-state index in [0.717, 1.165) is 5.56 Å². The van der Waals surface area contributed by atoms with Crippen LogP contribution in [0.5, 0.6) is 23.0 Å². The van der Waals surface area contributed by atoms with Crippen LogP contribution in [-0.2, 0) is 4.74 Å². The van der Waals surface area contributed by atoms with Gasteiger partial charge in [0.25, 0.3) is 0 Å². The number of cyclic esters (lactones) is 1. The highest BCUT2D eigenvalue weighted by atomic mass is 16.6. The molecule has 1 aliphatic heterocycles. The number of esters is 1. The van der Waals surface area contributed by atoms with E-state index in [-0.39, 0.29) is 0 Å². The van der Waals surface area contributed by atoms with Gasteiger partial charge in [-0.1, -0.05) is 0 Å². The SMILES string of the molecule is COc1cc(OC)cc([C@@H]2OC(=O)c3cc(OC)cc(OC)c32)c1. The molecule has 0 bridgehead atoms. The minimum absolute atomic E-state index is 0.422. The summed E-state index contributed by atoms with van der Waals surface area (Å²) in [5.74, 6) is 1.87. The number of hydrogen-bond donors (Lipinski definition) is 0. The highest BCUT2D eigenvalue weighted by Crippen LogP contribution is 2.44. The highest BCUT2D eigenvalue weighted by molar-refractivity contribution is 5.96. The maximum atomic E-state index is 12.3. The van der Waals surface area contributed by atoms with Crippen molar-refractivity contribution in [1.82, 2.24) is 0 Å². The normalized spacial score (nSPS) is 15.5. The zero-order valence-corrected chi connectivity index (χ0v) is 13.9. The van der Waals surface area contributed by atoms with Crippen LogP contribution in [0.3, 0.4) is 0 Å². The van der Waals surface area contributed by atoms with E-state index in [2.05, 4.69) is 0 Å². The maximum Gasteiger partial charge on any atom is 0.339 e. The third kappa shape index (κ3) is 2.60. The van der Waals surface area contributed by atoms with Crippen molar-refractivity contribution in [2.24, 2.45) is 0 Å². The van der Waals surface area contributed by atoms with E-state index in [9.17, 15) is 4.79 Å². The van der Waals surface area contributed by atoms with Gasteiger partial charge in [-0.2, -0.15) is 0 Å². The van der Waals surface area contributed by atoms with Crippen molar-refractivity contribution in [3.05, 3.63) is 47.0 Å². The van der Waals surface area contributed by atoms with Gasteiger partial charge >= 0.3 is 5.97 Å². The first kappa shape index (κ1) is 16.0. The van der Waals surface area contributed by atoms with Crippen LogP contribution in [0.1, 0.15) is 27.6 Å². The third-order valence-corrected chi connectivity index (χ3v) is 3.95. The van der Waals surface area contributed by atoms with E-state index < -0.39 is 12.1 Å². The second-order valence-electron chi connectivity index (χ2n) is 5.22. The highest BCUT2D eigenvalue weighted by Gasteiger charge is 2.36. The molecule has 1 aliphatic rings. The molecule has 126 valence electrons. The topological polar surface area (TPSA) is 63.2 Å². The summed E-state index contributed by atoms with van der Waals surface area (Å²) in [7, 11) is 6.21. The number of methoxy groups -OCH3 is 4. The van der Waals surface area contributed by atoms with Gasteiger partial charge in [-0.3, -0.25) is 0 Å². The summed E-state index contributed by atoms with van der Waals surface area (Å²) < 4.78 is 26.8. The molecule has 0 spiro atoms. The molecule has 2 aromatic carbocycles. The molecule has 1 atom stereocenters. The average molecular weight is 330 g/mol. The molecule has 24 heavy (non-hydrogen) atoms. The Kier molecular flexibility index (Phi) is 4.20. The molecule has 0 aliphatic carbocycles. The van der Waals surface area contributed by atoms with Crippen molar-refractivity contribution in [2.45, 2.75) is 6.10 Å². The van der Waals surface area contributed by atoms with E-state index >= 15 is 0 Å². The second kappa shape index (κ2) is 6.31. The van der Waals surface area contributed by atoms with Crippen LogP contribution in [0.4, 0.5) is 0 Å². The van der Waals surface area contributed by atoms with Crippen molar-refractivity contribution in [3.63, 3.8) is 0 Å². The van der Waals surface area contributed by atoms with Crippen LogP contribution in [0.2, 0.25) is 0 Å². The molecule has 0 aromatic heterocycles. The first-order valence-corrected chi connectivity index (χ1v) is 7.31. The van der Waals surface area contributed by atoms with Crippen LogP contribution in [0.15, 0.2) is 30.3 Å². The summed E-state index contributed by atoms with van der Waals surface area (Å²) >= 11 is 0. The molecule has 0 saturated heterocycles. The van der Waals surface area contributed by atoms with Gasteiger partial charge in [0.1, 0.15) is 23.0 Å². The van der Waals surface area contributed by atoms with E-state index in [1.807, 2.05) is 0 Å². The van der Waals surface area contributed by atoms with E-state index in [1.54, 1.807) is 51.7 Å². The van der Waals surface area contributed by atoms with Crippen molar-refractivity contribution in [2.75, 3.05) is 28.4 Å². The first-order chi connectivity index (χ1) is 11.6. The van der Waals surface area contributed by atoms with E-state index in [4.69, 9.17) is 23.7 Å². The third-order valence-electron chi connectivity index (χ3n) is 3.95. The zero-order valence-electron chi connectivity index (χ0n) is 13.9. The lowest BCUT2D eigenvalue weighted by Gasteiger charge is -2.16. The fourth-order valence-electron chi connectivity index (χ4n) is 2.77. The molecule has 3 rings (SSSR count). The lowest BCUT2D eigenvalue weighted by molar-refractivity contribution is 0.0453. The van der Waals surface area contributed by atoms with Gasteiger partial charge in [-0.15, -0.1) is 0 Å². The predicted molar refractivity (Wildman–Crippen MR) is 86.4 cm³/mol. The number of hydrogen-bond acceptors (Lipinski definition) is 6. The Morgan fingerprint density at radius 3 is 1.92 bits per heavy atom. The largest absolute Gasteiger partial charge is 0.497 e. The number of carbonyl (C=O) groups is 1. The quantitative estimate of drug-likeness (QED) is 0.786. The Bertz CT molecular complexity index is 761. The number of rotatable bonds is 5. The monoisotopic (exact) mass is 330 g/mol. The Morgan fingerprint density at radius 1 is 0.792 bits per heavy atom. The summed E-state index contributed by atoms with van der Waals surface area (Å²) in [5.41, 5.74) is 1.83. The van der Waals surface area contributed by atoms with Crippen molar-refractivity contribution in [1.29, 1.82) is 0 Å². The summed E-state index contributed by atoms with van der Waals surface area (Å²) in [6.07, 6.45) is -0.600. The van der Waals surface area contributed by atoms with Gasteiger partial charge in [0.2, 0.25) is 0 Å². The van der Waals surface area contributed by atoms with Crippen molar-refractivity contribution >= 4 is 5.97 Å². The van der Waals surface area contributed by atoms with Crippen molar-refractivity contribution < 1.29 is 28.5 Å². The van der Waals surface area contributed by atoms with Crippen LogP contribution in [0.25, 0.3) is 0 Å². The lowest BCUT2D eigenvalue weighted by atomic mass is 9.97. The summed E-state index contributed by atoms with van der Waals surface area (Å²) in [6.45, 7) is 0. The Labute approximate surface area is 139 Å². The van der Waals surface area contributed by atoms with Gasteiger partial charge in [0.15, 0.2) is 6.10 Å². The minimum Gasteiger partial charge on any atom is -0.497 e. The molecule has 0 radical (unpaired) electrons. The Hall–Kier alpha value is -2.89. The lowest BCUT2D eigenvalue weighted by Crippen LogP contribution is -2.03. The fourth-order valence-corrected chi connectivity index (χ4v) is 2.77. The van der Waals surface area contributed by atoms with Gasteiger partial charge in [0, 0.05) is 17.7 Å². The molecule has 2 aromatic rings. The van der Waals surface area contributed by atoms with Gasteiger partial charge in [-0.25, -0.2) is 4.79 Å². The molecule has 0 unspecified atom stereocenters. The number of carbonyl (C=O) groups excluding carboxylic acids is 1. The molecule has 0 saturated carbocycles. The predicted octanol–water partition coefficient (Wildman–Crippen LogP) is 2.98. The Morgan fingerprint density at radius 2 is 1.38 bits per heavy atom. The van der Waals surface area contributed by atoms with Gasteiger partial charge in [-0.05, 0) is 18.2 Å². The molecule has 6 nitrogen and oxygen atoms in total. The standard InChI is InChI=1S/C18H18O6/c1-20-11-5-10(6-12(7-11)21-2)17-16-14(18(19)24-17)8-13(22-3)9-15(16)23-4/h5-9,17H,1-4H3/t17-/m0/s1. The van der Waals surface area contributed by atoms with Crippen LogP contribution >= 0.6 is 0 Å². The van der Waals surface area contributed by atoms with E-state index in [1.165, 1.54) is 7.11 Å². The van der Waals surface area contributed by atoms with Crippen LogP contribution < -0.4 is 18.9 Å².